The highest BCUT2D eigenvalue weighted by molar-refractivity contribution is 6.37. The van der Waals surface area contributed by atoms with Crippen molar-refractivity contribution in [2.24, 2.45) is 0 Å². The summed E-state index contributed by atoms with van der Waals surface area (Å²) in [6.07, 6.45) is 1.81. The number of hydrogen-bond donors (Lipinski definition) is 3. The van der Waals surface area contributed by atoms with Crippen LogP contribution in [0.1, 0.15) is 15.9 Å². The molecule has 1 aromatic heterocycles. The monoisotopic (exact) mass is 338 g/mol. The van der Waals surface area contributed by atoms with Gasteiger partial charge >= 0.3 is 17.8 Å². The van der Waals surface area contributed by atoms with Gasteiger partial charge in [0.1, 0.15) is 0 Å². The summed E-state index contributed by atoms with van der Waals surface area (Å²) in [5.41, 5.74) is 1.52. The summed E-state index contributed by atoms with van der Waals surface area (Å²) in [7, 11) is 0. The van der Waals surface area contributed by atoms with Crippen molar-refractivity contribution in [1.82, 2.24) is 4.57 Å². The highest BCUT2D eigenvalue weighted by Gasteiger charge is 2.18. The second-order valence-corrected chi connectivity index (χ2v) is 5.45. The number of aromatic carboxylic acids is 1. The summed E-state index contributed by atoms with van der Waals surface area (Å²) < 4.78 is 1.90. The van der Waals surface area contributed by atoms with Crippen LogP contribution < -0.4 is 5.32 Å². The van der Waals surface area contributed by atoms with Gasteiger partial charge in [-0.15, -0.1) is 0 Å². The maximum Gasteiger partial charge on any atom is 0.394 e. The molecule has 7 nitrogen and oxygen atoms in total. The van der Waals surface area contributed by atoms with Crippen molar-refractivity contribution in [3.05, 3.63) is 65.9 Å². The lowest BCUT2D eigenvalue weighted by atomic mass is 10.1. The predicted octanol–water partition coefficient (Wildman–Crippen LogP) is 2.41. The van der Waals surface area contributed by atoms with Gasteiger partial charge in [-0.25, -0.2) is 9.59 Å². The fraction of sp³-hybridized carbons (Fsp3) is 0.0556. The first-order chi connectivity index (χ1) is 12.0. The van der Waals surface area contributed by atoms with E-state index in [9.17, 15) is 19.5 Å². The minimum atomic E-state index is -1.68. The number of benzene rings is 2. The maximum absolute atomic E-state index is 11.4. The Morgan fingerprint density at radius 2 is 1.72 bits per heavy atom. The lowest BCUT2D eigenvalue weighted by Gasteiger charge is -2.10. The number of carbonyl (C=O) groups is 3. The van der Waals surface area contributed by atoms with E-state index in [0.29, 0.717) is 17.4 Å². The van der Waals surface area contributed by atoms with E-state index in [-0.39, 0.29) is 11.3 Å². The van der Waals surface area contributed by atoms with Crippen LogP contribution in [-0.4, -0.2) is 32.6 Å². The van der Waals surface area contributed by atoms with Gasteiger partial charge in [0.25, 0.3) is 0 Å². The second-order valence-electron chi connectivity index (χ2n) is 5.45. The molecule has 25 heavy (non-hydrogen) atoms. The van der Waals surface area contributed by atoms with Gasteiger partial charge in [-0.05, 0) is 23.8 Å². The summed E-state index contributed by atoms with van der Waals surface area (Å²) in [6, 6.07) is 14.3. The van der Waals surface area contributed by atoms with Crippen molar-refractivity contribution in [2.45, 2.75) is 6.54 Å². The average Bonchev–Trinajstić information content (AvgIpc) is 2.97. The van der Waals surface area contributed by atoms with Crippen molar-refractivity contribution in [3.63, 3.8) is 0 Å². The molecule has 0 radical (unpaired) electrons. The quantitative estimate of drug-likeness (QED) is 0.633. The molecule has 0 aliphatic rings. The number of fused-ring (bicyclic) bond motifs is 1. The highest BCUT2D eigenvalue weighted by Crippen LogP contribution is 2.26. The fourth-order valence-electron chi connectivity index (χ4n) is 2.61. The molecule has 0 bridgehead atoms. The van der Waals surface area contributed by atoms with Gasteiger partial charge in [0.05, 0.1) is 16.8 Å². The van der Waals surface area contributed by atoms with Crippen molar-refractivity contribution >= 4 is 34.4 Å². The van der Waals surface area contributed by atoms with Crippen LogP contribution in [0, 0.1) is 0 Å². The zero-order valence-electron chi connectivity index (χ0n) is 13.0. The van der Waals surface area contributed by atoms with Crippen molar-refractivity contribution in [2.75, 3.05) is 5.32 Å². The number of aromatic nitrogens is 1. The number of rotatable bonds is 4. The van der Waals surface area contributed by atoms with E-state index >= 15 is 0 Å². The number of nitrogens with one attached hydrogen (secondary N) is 1. The van der Waals surface area contributed by atoms with Gasteiger partial charge in [-0.2, -0.15) is 0 Å². The van der Waals surface area contributed by atoms with Gasteiger partial charge < -0.3 is 20.1 Å². The number of amides is 1. The minimum Gasteiger partial charge on any atom is -0.478 e. The van der Waals surface area contributed by atoms with Crippen LogP contribution in [0.2, 0.25) is 0 Å². The molecule has 1 heterocycles. The zero-order valence-corrected chi connectivity index (χ0v) is 13.0. The summed E-state index contributed by atoms with van der Waals surface area (Å²) in [6.45, 7) is 0.559. The summed E-state index contributed by atoms with van der Waals surface area (Å²) >= 11 is 0. The Balaban J connectivity index is 2.06. The van der Waals surface area contributed by atoms with E-state index < -0.39 is 17.8 Å². The molecular formula is C18H14N2O5. The summed E-state index contributed by atoms with van der Waals surface area (Å²) in [4.78, 5) is 33.6. The third kappa shape index (κ3) is 3.35. The van der Waals surface area contributed by atoms with Crippen LogP contribution >= 0.6 is 0 Å². The molecule has 0 saturated heterocycles. The van der Waals surface area contributed by atoms with Crippen LogP contribution in [0.25, 0.3) is 10.9 Å². The van der Waals surface area contributed by atoms with Gasteiger partial charge in [0.15, 0.2) is 0 Å². The van der Waals surface area contributed by atoms with Crippen LogP contribution in [0.5, 0.6) is 0 Å². The number of hydrogen-bond acceptors (Lipinski definition) is 3. The van der Waals surface area contributed by atoms with E-state index in [2.05, 4.69) is 5.32 Å². The van der Waals surface area contributed by atoms with Crippen LogP contribution in [0.4, 0.5) is 5.69 Å². The fourth-order valence-corrected chi connectivity index (χ4v) is 2.61. The number of anilines is 1. The predicted molar refractivity (Wildman–Crippen MR) is 90.7 cm³/mol. The first-order valence-corrected chi connectivity index (χ1v) is 7.40. The molecule has 0 saturated carbocycles. The molecule has 3 N–H and O–H groups in total. The number of nitrogens with zero attached hydrogens (tertiary/aromatic N) is 1. The van der Waals surface area contributed by atoms with E-state index in [1.165, 1.54) is 12.1 Å². The molecule has 0 spiro atoms. The van der Waals surface area contributed by atoms with Crippen LogP contribution in [0.15, 0.2) is 54.7 Å². The first-order valence-electron chi connectivity index (χ1n) is 7.40. The maximum atomic E-state index is 11.4. The molecule has 0 unspecified atom stereocenters. The summed E-state index contributed by atoms with van der Waals surface area (Å²) in [5.74, 6) is -4.22. The lowest BCUT2D eigenvalue weighted by Crippen LogP contribution is -2.23. The number of carboxylic acid groups (broad SMARTS) is 2. The molecule has 1 amide bonds. The first kappa shape index (κ1) is 16.3. The standard InChI is InChI=1S/C18H14N2O5/c21-16(18(24)25)19-14-9-15-12(8-13(14)17(22)23)6-7-20(15)10-11-4-2-1-3-5-11/h1-9H,10H2,(H,19,21)(H,22,23)(H,24,25). The number of aliphatic carboxylic acids is 1. The number of carboxylic acids is 2. The average molecular weight is 338 g/mol. The van der Waals surface area contributed by atoms with E-state index in [1.807, 2.05) is 41.1 Å². The van der Waals surface area contributed by atoms with Crippen molar-refractivity contribution in [3.8, 4) is 0 Å². The Kier molecular flexibility index (Phi) is 4.21. The molecule has 0 fully saturated rings. The Morgan fingerprint density at radius 1 is 1.00 bits per heavy atom. The van der Waals surface area contributed by atoms with Gasteiger partial charge in [0, 0.05) is 18.1 Å². The van der Waals surface area contributed by atoms with E-state index in [4.69, 9.17) is 5.11 Å². The molecule has 0 aliphatic carbocycles. The number of carbonyl (C=O) groups excluding carboxylic acids is 1. The Hall–Kier alpha value is -3.61. The molecule has 7 heteroatoms. The Morgan fingerprint density at radius 3 is 2.36 bits per heavy atom. The van der Waals surface area contributed by atoms with Gasteiger partial charge in [0.2, 0.25) is 0 Å². The molecule has 3 rings (SSSR count). The topological polar surface area (TPSA) is 109 Å². The normalized spacial score (nSPS) is 10.6. The summed E-state index contributed by atoms with van der Waals surface area (Å²) in [5, 5.41) is 20.9. The van der Waals surface area contributed by atoms with Crippen LogP contribution in [0.3, 0.4) is 0 Å². The zero-order chi connectivity index (χ0) is 18.0. The Bertz CT molecular complexity index is 976. The second kappa shape index (κ2) is 6.48. The minimum absolute atomic E-state index is 0.0552. The van der Waals surface area contributed by atoms with E-state index in [0.717, 1.165) is 5.56 Å². The molecule has 0 aliphatic heterocycles. The largest absolute Gasteiger partial charge is 0.478 e. The Labute approximate surface area is 142 Å². The third-order valence-corrected chi connectivity index (χ3v) is 3.78. The molecule has 3 aromatic rings. The molecule has 0 atom stereocenters. The van der Waals surface area contributed by atoms with Crippen molar-refractivity contribution in [1.29, 1.82) is 0 Å². The lowest BCUT2D eigenvalue weighted by molar-refractivity contribution is -0.147. The highest BCUT2D eigenvalue weighted by atomic mass is 16.4. The van der Waals surface area contributed by atoms with Crippen molar-refractivity contribution < 1.29 is 24.6 Å². The third-order valence-electron chi connectivity index (χ3n) is 3.78. The van der Waals surface area contributed by atoms with E-state index in [1.54, 1.807) is 6.07 Å². The van der Waals surface area contributed by atoms with Gasteiger partial charge in [-0.1, -0.05) is 30.3 Å². The molecule has 2 aromatic carbocycles. The van der Waals surface area contributed by atoms with Crippen LogP contribution in [-0.2, 0) is 16.1 Å². The molecule has 126 valence electrons. The molecular weight excluding hydrogens is 324 g/mol. The SMILES string of the molecule is O=C(O)C(=O)Nc1cc2c(ccn2Cc2ccccc2)cc1C(=O)O. The van der Waals surface area contributed by atoms with Gasteiger partial charge in [-0.3, -0.25) is 4.79 Å². The smallest absolute Gasteiger partial charge is 0.394 e.